The van der Waals surface area contributed by atoms with Crippen LogP contribution in [0.3, 0.4) is 0 Å². The molecule has 2 aromatic carbocycles. The molecule has 1 aromatic heterocycles. The molecule has 1 fully saturated rings. The Hall–Kier alpha value is -1.84. The summed E-state index contributed by atoms with van der Waals surface area (Å²) in [5.74, 6) is -0.187. The van der Waals surface area contributed by atoms with Crippen molar-refractivity contribution in [2.75, 3.05) is 0 Å². The lowest BCUT2D eigenvalue weighted by molar-refractivity contribution is 0.0822. The first-order valence-electron chi connectivity index (χ1n) is 8.88. The van der Waals surface area contributed by atoms with Crippen LogP contribution in [0.4, 0.5) is 4.39 Å². The number of nitrogens with zero attached hydrogens (tertiary/aromatic N) is 1. The van der Waals surface area contributed by atoms with Crippen LogP contribution in [0.2, 0.25) is 5.02 Å². The maximum atomic E-state index is 13.5. The highest BCUT2D eigenvalue weighted by atomic mass is 35.5. The molecule has 2 atom stereocenters. The molecule has 0 radical (unpaired) electrons. The van der Waals surface area contributed by atoms with Gasteiger partial charge in [0, 0.05) is 34.2 Å². The van der Waals surface area contributed by atoms with E-state index in [1.54, 1.807) is 6.07 Å². The average Bonchev–Trinajstić information content (AvgIpc) is 3.01. The Morgan fingerprint density at radius 3 is 2.72 bits per heavy atom. The van der Waals surface area contributed by atoms with E-state index in [9.17, 15) is 4.39 Å². The summed E-state index contributed by atoms with van der Waals surface area (Å²) in [6.45, 7) is 3.19. The summed E-state index contributed by atoms with van der Waals surface area (Å²) < 4.78 is 13.5. The first-order valence-corrected chi connectivity index (χ1v) is 9.26. The first kappa shape index (κ1) is 16.6. The van der Waals surface area contributed by atoms with E-state index in [1.165, 1.54) is 30.2 Å². The van der Waals surface area contributed by atoms with Gasteiger partial charge in [-0.3, -0.25) is 4.90 Å². The van der Waals surface area contributed by atoms with Crippen LogP contribution in [0, 0.1) is 5.82 Å². The predicted octanol–water partition coefficient (Wildman–Crippen LogP) is 6.08. The second-order valence-corrected chi connectivity index (χ2v) is 7.49. The highest BCUT2D eigenvalue weighted by Crippen LogP contribution is 2.36. The van der Waals surface area contributed by atoms with Gasteiger partial charge in [0.1, 0.15) is 5.82 Å². The van der Waals surface area contributed by atoms with E-state index in [2.05, 4.69) is 35.0 Å². The van der Waals surface area contributed by atoms with E-state index < -0.39 is 0 Å². The SMILES string of the molecule is CC1CCCC(c2cc3cc(F)ccc3[nH]2)N1Cc1ccc(Cl)cc1. The van der Waals surface area contributed by atoms with Gasteiger partial charge in [-0.1, -0.05) is 23.7 Å². The van der Waals surface area contributed by atoms with E-state index in [0.29, 0.717) is 12.1 Å². The molecule has 2 nitrogen and oxygen atoms in total. The van der Waals surface area contributed by atoms with Gasteiger partial charge >= 0.3 is 0 Å². The molecule has 130 valence electrons. The quantitative estimate of drug-likeness (QED) is 0.602. The molecule has 1 N–H and O–H groups in total. The third kappa shape index (κ3) is 3.44. The van der Waals surface area contributed by atoms with Gasteiger partial charge in [0.05, 0.1) is 6.04 Å². The van der Waals surface area contributed by atoms with E-state index >= 15 is 0 Å². The minimum atomic E-state index is -0.187. The number of nitrogens with one attached hydrogen (secondary N) is 1. The lowest BCUT2D eigenvalue weighted by Crippen LogP contribution is -2.39. The molecule has 0 bridgehead atoms. The van der Waals surface area contributed by atoms with Crippen molar-refractivity contribution >= 4 is 22.5 Å². The van der Waals surface area contributed by atoms with Crippen LogP contribution in [0.5, 0.6) is 0 Å². The van der Waals surface area contributed by atoms with Crippen molar-refractivity contribution in [2.45, 2.75) is 44.8 Å². The van der Waals surface area contributed by atoms with Crippen molar-refractivity contribution in [1.82, 2.24) is 9.88 Å². The molecule has 0 saturated carbocycles. The van der Waals surface area contributed by atoms with E-state index in [4.69, 9.17) is 11.6 Å². The van der Waals surface area contributed by atoms with Gasteiger partial charge in [0.2, 0.25) is 0 Å². The van der Waals surface area contributed by atoms with Crippen LogP contribution in [0.25, 0.3) is 10.9 Å². The minimum Gasteiger partial charge on any atom is -0.357 e. The topological polar surface area (TPSA) is 19.0 Å². The number of benzene rings is 2. The van der Waals surface area contributed by atoms with Crippen LogP contribution < -0.4 is 0 Å². The van der Waals surface area contributed by atoms with Crippen molar-refractivity contribution < 1.29 is 4.39 Å². The van der Waals surface area contributed by atoms with Crippen molar-refractivity contribution in [3.05, 3.63) is 70.6 Å². The molecule has 4 heteroatoms. The highest BCUT2D eigenvalue weighted by molar-refractivity contribution is 6.30. The minimum absolute atomic E-state index is 0.187. The second kappa shape index (κ2) is 6.81. The highest BCUT2D eigenvalue weighted by Gasteiger charge is 2.30. The smallest absolute Gasteiger partial charge is 0.123 e. The van der Waals surface area contributed by atoms with Gasteiger partial charge in [-0.2, -0.15) is 0 Å². The van der Waals surface area contributed by atoms with Crippen molar-refractivity contribution in [3.8, 4) is 0 Å². The Balaban J connectivity index is 1.65. The summed E-state index contributed by atoms with van der Waals surface area (Å²) in [5.41, 5.74) is 3.45. The number of H-pyrrole nitrogens is 1. The maximum absolute atomic E-state index is 13.5. The third-order valence-corrected chi connectivity index (χ3v) is 5.56. The molecule has 2 heterocycles. The number of piperidine rings is 1. The number of hydrogen-bond donors (Lipinski definition) is 1. The molecule has 0 amide bonds. The molecule has 0 aliphatic carbocycles. The number of likely N-dealkylation sites (tertiary alicyclic amines) is 1. The zero-order valence-electron chi connectivity index (χ0n) is 14.3. The van der Waals surface area contributed by atoms with Crippen molar-refractivity contribution in [1.29, 1.82) is 0 Å². The number of aromatic nitrogens is 1. The van der Waals surface area contributed by atoms with Gasteiger partial charge in [0.25, 0.3) is 0 Å². The predicted molar refractivity (Wildman–Crippen MR) is 101 cm³/mol. The van der Waals surface area contributed by atoms with E-state index in [-0.39, 0.29) is 5.82 Å². The Labute approximate surface area is 152 Å². The summed E-state index contributed by atoms with van der Waals surface area (Å²) in [4.78, 5) is 6.06. The molecular formula is C21H22ClFN2. The molecule has 1 aliphatic heterocycles. The lowest BCUT2D eigenvalue weighted by atomic mass is 9.93. The Morgan fingerprint density at radius 1 is 1.12 bits per heavy atom. The molecule has 0 spiro atoms. The summed E-state index contributed by atoms with van der Waals surface area (Å²) in [7, 11) is 0. The zero-order chi connectivity index (χ0) is 17.4. The van der Waals surface area contributed by atoms with Gasteiger partial charge in [-0.25, -0.2) is 4.39 Å². The number of aromatic amines is 1. The largest absolute Gasteiger partial charge is 0.357 e. The molecule has 1 saturated heterocycles. The van der Waals surface area contributed by atoms with Crippen LogP contribution >= 0.6 is 11.6 Å². The summed E-state index contributed by atoms with van der Waals surface area (Å²) in [5, 5.41) is 1.71. The van der Waals surface area contributed by atoms with E-state index in [0.717, 1.165) is 28.9 Å². The fourth-order valence-corrected chi connectivity index (χ4v) is 4.08. The molecule has 2 unspecified atom stereocenters. The number of rotatable bonds is 3. The molecule has 3 aromatic rings. The zero-order valence-corrected chi connectivity index (χ0v) is 15.1. The Kier molecular flexibility index (Phi) is 4.53. The monoisotopic (exact) mass is 356 g/mol. The Bertz CT molecular complexity index is 871. The lowest BCUT2D eigenvalue weighted by Gasteiger charge is -2.40. The molecule has 1 aliphatic rings. The van der Waals surface area contributed by atoms with Gasteiger partial charge in [-0.05, 0) is 68.1 Å². The average molecular weight is 357 g/mol. The summed E-state index contributed by atoms with van der Waals surface area (Å²) >= 11 is 6.02. The van der Waals surface area contributed by atoms with Crippen LogP contribution in [0.1, 0.15) is 43.5 Å². The summed E-state index contributed by atoms with van der Waals surface area (Å²) in [6.07, 6.45) is 3.54. The summed E-state index contributed by atoms with van der Waals surface area (Å²) in [6, 6.07) is 16.0. The fraction of sp³-hybridized carbons (Fsp3) is 0.333. The standard InChI is InChI=1S/C21H22ClFN2/c1-14-3-2-4-21(25(14)13-15-5-7-17(22)8-6-15)20-12-16-11-18(23)9-10-19(16)24-20/h5-12,14,21,24H,2-4,13H2,1H3. The number of fused-ring (bicyclic) bond motifs is 1. The molecule has 25 heavy (non-hydrogen) atoms. The maximum Gasteiger partial charge on any atom is 0.123 e. The van der Waals surface area contributed by atoms with Crippen molar-refractivity contribution in [2.24, 2.45) is 0 Å². The number of halogens is 2. The van der Waals surface area contributed by atoms with E-state index in [1.807, 2.05) is 18.2 Å². The van der Waals surface area contributed by atoms with Gasteiger partial charge < -0.3 is 4.98 Å². The van der Waals surface area contributed by atoms with Crippen LogP contribution in [-0.4, -0.2) is 15.9 Å². The van der Waals surface area contributed by atoms with Gasteiger partial charge in [0.15, 0.2) is 0 Å². The van der Waals surface area contributed by atoms with Crippen LogP contribution in [-0.2, 0) is 6.54 Å². The van der Waals surface area contributed by atoms with Crippen LogP contribution in [0.15, 0.2) is 48.5 Å². The third-order valence-electron chi connectivity index (χ3n) is 5.31. The van der Waals surface area contributed by atoms with Crippen molar-refractivity contribution in [3.63, 3.8) is 0 Å². The Morgan fingerprint density at radius 2 is 1.92 bits per heavy atom. The number of hydrogen-bond acceptors (Lipinski definition) is 1. The molecule has 4 rings (SSSR count). The second-order valence-electron chi connectivity index (χ2n) is 7.05. The van der Waals surface area contributed by atoms with Gasteiger partial charge in [-0.15, -0.1) is 0 Å². The normalized spacial score (nSPS) is 21.7. The first-order chi connectivity index (χ1) is 12.1. The fourth-order valence-electron chi connectivity index (χ4n) is 3.95. The molecular weight excluding hydrogens is 335 g/mol.